The molecule has 0 spiro atoms. The Morgan fingerprint density at radius 3 is 2.36 bits per heavy atom. The second-order valence-electron chi connectivity index (χ2n) is 4.61. The van der Waals surface area contributed by atoms with Crippen LogP contribution in [0, 0.1) is 11.3 Å². The van der Waals surface area contributed by atoms with E-state index in [4.69, 9.17) is 10.00 Å². The van der Waals surface area contributed by atoms with Crippen molar-refractivity contribution in [2.75, 3.05) is 11.6 Å². The maximum absolute atomic E-state index is 12.1. The smallest absolute Gasteiger partial charge is 0.265 e. The molecule has 0 saturated heterocycles. The number of anilines is 1. The number of carbonyl (C=O) groups is 1. The van der Waals surface area contributed by atoms with Crippen molar-refractivity contribution in [3.63, 3.8) is 0 Å². The van der Waals surface area contributed by atoms with E-state index in [1.165, 1.54) is 0 Å². The predicted octanol–water partition coefficient (Wildman–Crippen LogP) is 3.69. The first-order valence-electron chi connectivity index (χ1n) is 6.74. The number of carbonyl (C=O) groups excluding carboxylic acids is 1. The predicted molar refractivity (Wildman–Crippen MR) is 88.1 cm³/mol. The SMILES string of the molecule is CSc1ccc(NC(=O)C(C)Oc2ccc(C#N)cc2)cc1. The number of thioether (sulfide) groups is 1. The molecular formula is C17H16N2O2S. The first-order valence-corrected chi connectivity index (χ1v) is 7.96. The summed E-state index contributed by atoms with van der Waals surface area (Å²) in [7, 11) is 0. The molecule has 0 aromatic heterocycles. The minimum atomic E-state index is -0.631. The minimum Gasteiger partial charge on any atom is -0.481 e. The number of nitrogens with one attached hydrogen (secondary N) is 1. The summed E-state index contributed by atoms with van der Waals surface area (Å²) in [4.78, 5) is 13.2. The molecule has 0 heterocycles. The van der Waals surface area contributed by atoms with Gasteiger partial charge in [-0.1, -0.05) is 0 Å². The highest BCUT2D eigenvalue weighted by molar-refractivity contribution is 7.98. The molecule has 1 N–H and O–H groups in total. The van der Waals surface area contributed by atoms with E-state index in [0.29, 0.717) is 11.3 Å². The van der Waals surface area contributed by atoms with Crippen LogP contribution in [0.2, 0.25) is 0 Å². The molecule has 0 aliphatic heterocycles. The van der Waals surface area contributed by atoms with Crippen LogP contribution in [0.1, 0.15) is 12.5 Å². The lowest BCUT2D eigenvalue weighted by Crippen LogP contribution is -2.30. The van der Waals surface area contributed by atoms with E-state index in [-0.39, 0.29) is 5.91 Å². The molecular weight excluding hydrogens is 296 g/mol. The number of ether oxygens (including phenoxy) is 1. The fourth-order valence-corrected chi connectivity index (χ4v) is 2.19. The van der Waals surface area contributed by atoms with Gasteiger partial charge < -0.3 is 10.1 Å². The molecule has 4 nitrogen and oxygen atoms in total. The van der Waals surface area contributed by atoms with Crippen molar-refractivity contribution in [1.82, 2.24) is 0 Å². The highest BCUT2D eigenvalue weighted by atomic mass is 32.2. The number of hydrogen-bond donors (Lipinski definition) is 1. The van der Waals surface area contributed by atoms with Gasteiger partial charge in [-0.3, -0.25) is 4.79 Å². The van der Waals surface area contributed by atoms with Gasteiger partial charge in [0.15, 0.2) is 6.10 Å². The van der Waals surface area contributed by atoms with Crippen LogP contribution in [-0.4, -0.2) is 18.3 Å². The van der Waals surface area contributed by atoms with Crippen molar-refractivity contribution < 1.29 is 9.53 Å². The lowest BCUT2D eigenvalue weighted by Gasteiger charge is -2.15. The molecule has 2 aromatic rings. The largest absolute Gasteiger partial charge is 0.481 e. The van der Waals surface area contributed by atoms with Crippen LogP contribution >= 0.6 is 11.8 Å². The van der Waals surface area contributed by atoms with E-state index in [1.54, 1.807) is 43.0 Å². The molecule has 1 atom stereocenters. The van der Waals surface area contributed by atoms with Crippen molar-refractivity contribution in [2.45, 2.75) is 17.9 Å². The quantitative estimate of drug-likeness (QED) is 0.855. The fraction of sp³-hybridized carbons (Fsp3) is 0.176. The fourth-order valence-electron chi connectivity index (χ4n) is 1.78. The van der Waals surface area contributed by atoms with Crippen LogP contribution in [0.3, 0.4) is 0 Å². The highest BCUT2D eigenvalue weighted by Crippen LogP contribution is 2.18. The summed E-state index contributed by atoms with van der Waals surface area (Å²) in [5.41, 5.74) is 1.29. The van der Waals surface area contributed by atoms with Crippen LogP contribution in [0.5, 0.6) is 5.75 Å². The number of hydrogen-bond acceptors (Lipinski definition) is 4. The third kappa shape index (κ3) is 4.27. The maximum atomic E-state index is 12.1. The molecule has 2 aromatic carbocycles. The number of nitrogens with zero attached hydrogens (tertiary/aromatic N) is 1. The average molecular weight is 312 g/mol. The van der Waals surface area contributed by atoms with Crippen molar-refractivity contribution in [2.24, 2.45) is 0 Å². The lowest BCUT2D eigenvalue weighted by atomic mass is 10.2. The number of rotatable bonds is 5. The van der Waals surface area contributed by atoms with Gasteiger partial charge >= 0.3 is 0 Å². The first kappa shape index (κ1) is 15.9. The van der Waals surface area contributed by atoms with E-state index >= 15 is 0 Å². The maximum Gasteiger partial charge on any atom is 0.265 e. The van der Waals surface area contributed by atoms with E-state index in [0.717, 1.165) is 10.6 Å². The van der Waals surface area contributed by atoms with Gasteiger partial charge in [0.25, 0.3) is 5.91 Å². The molecule has 22 heavy (non-hydrogen) atoms. The van der Waals surface area contributed by atoms with Gasteiger partial charge in [0.05, 0.1) is 11.6 Å². The van der Waals surface area contributed by atoms with Crippen LogP contribution < -0.4 is 10.1 Å². The van der Waals surface area contributed by atoms with E-state index in [2.05, 4.69) is 5.32 Å². The Bertz CT molecular complexity index is 675. The second kappa shape index (κ2) is 7.53. The number of benzene rings is 2. The summed E-state index contributed by atoms with van der Waals surface area (Å²) in [5, 5.41) is 11.6. The van der Waals surface area contributed by atoms with Gasteiger partial charge in [-0.2, -0.15) is 5.26 Å². The van der Waals surface area contributed by atoms with Gasteiger partial charge in [0.1, 0.15) is 5.75 Å². The minimum absolute atomic E-state index is 0.221. The van der Waals surface area contributed by atoms with Crippen LogP contribution in [-0.2, 0) is 4.79 Å². The van der Waals surface area contributed by atoms with Gasteiger partial charge in [-0.25, -0.2) is 0 Å². The van der Waals surface area contributed by atoms with Crippen molar-refractivity contribution in [3.05, 3.63) is 54.1 Å². The summed E-state index contributed by atoms with van der Waals surface area (Å²) < 4.78 is 5.57. The molecule has 1 unspecified atom stereocenters. The Hall–Kier alpha value is -2.45. The zero-order chi connectivity index (χ0) is 15.9. The number of amides is 1. The third-order valence-electron chi connectivity index (χ3n) is 3.02. The Kier molecular flexibility index (Phi) is 5.45. The Balaban J connectivity index is 1.94. The Morgan fingerprint density at radius 2 is 1.82 bits per heavy atom. The van der Waals surface area contributed by atoms with Crippen molar-refractivity contribution in [1.29, 1.82) is 5.26 Å². The van der Waals surface area contributed by atoms with Crippen molar-refractivity contribution >= 4 is 23.4 Å². The lowest BCUT2D eigenvalue weighted by molar-refractivity contribution is -0.122. The summed E-state index contributed by atoms with van der Waals surface area (Å²) in [6.45, 7) is 1.68. The van der Waals surface area contributed by atoms with E-state index < -0.39 is 6.10 Å². The summed E-state index contributed by atoms with van der Waals surface area (Å²) in [6, 6.07) is 16.3. The standard InChI is InChI=1S/C17H16N2O2S/c1-12(21-15-7-3-13(11-18)4-8-15)17(20)19-14-5-9-16(22-2)10-6-14/h3-10,12H,1-2H3,(H,19,20). The molecule has 0 bridgehead atoms. The highest BCUT2D eigenvalue weighted by Gasteiger charge is 2.14. The molecule has 0 saturated carbocycles. The zero-order valence-corrected chi connectivity index (χ0v) is 13.2. The monoisotopic (exact) mass is 312 g/mol. The zero-order valence-electron chi connectivity index (χ0n) is 12.4. The molecule has 0 radical (unpaired) electrons. The Labute approximate surface area is 134 Å². The third-order valence-corrected chi connectivity index (χ3v) is 3.77. The summed E-state index contributed by atoms with van der Waals surface area (Å²) >= 11 is 1.65. The van der Waals surface area contributed by atoms with Gasteiger partial charge in [-0.05, 0) is 61.7 Å². The molecule has 112 valence electrons. The van der Waals surface area contributed by atoms with Gasteiger partial charge in [-0.15, -0.1) is 11.8 Å². The van der Waals surface area contributed by atoms with Gasteiger partial charge in [0, 0.05) is 10.6 Å². The van der Waals surface area contributed by atoms with E-state index in [9.17, 15) is 4.79 Å². The van der Waals surface area contributed by atoms with Crippen molar-refractivity contribution in [3.8, 4) is 11.8 Å². The van der Waals surface area contributed by atoms with Crippen LogP contribution in [0.25, 0.3) is 0 Å². The molecule has 1 amide bonds. The topological polar surface area (TPSA) is 62.1 Å². The average Bonchev–Trinajstić information content (AvgIpc) is 2.56. The van der Waals surface area contributed by atoms with Gasteiger partial charge in [0.2, 0.25) is 0 Å². The summed E-state index contributed by atoms with van der Waals surface area (Å²) in [5.74, 6) is 0.334. The molecule has 2 rings (SSSR count). The number of nitriles is 1. The Morgan fingerprint density at radius 1 is 1.18 bits per heavy atom. The van der Waals surface area contributed by atoms with Crippen LogP contribution in [0.4, 0.5) is 5.69 Å². The molecule has 0 aliphatic rings. The molecule has 0 aliphatic carbocycles. The first-order chi connectivity index (χ1) is 10.6. The normalized spacial score (nSPS) is 11.3. The molecule has 0 fully saturated rings. The molecule has 5 heteroatoms. The van der Waals surface area contributed by atoms with E-state index in [1.807, 2.05) is 36.6 Å². The summed E-state index contributed by atoms with van der Waals surface area (Å²) in [6.07, 6.45) is 1.37. The second-order valence-corrected chi connectivity index (χ2v) is 5.49. The van der Waals surface area contributed by atoms with Crippen LogP contribution in [0.15, 0.2) is 53.4 Å².